The molecule has 1 atom stereocenters. The molecule has 0 saturated heterocycles. The predicted octanol–water partition coefficient (Wildman–Crippen LogP) is 5.57. The van der Waals surface area contributed by atoms with Gasteiger partial charge in [0.15, 0.2) is 0 Å². The highest BCUT2D eigenvalue weighted by Crippen LogP contribution is 2.40. The third kappa shape index (κ3) is 2.70. The van der Waals surface area contributed by atoms with Crippen molar-refractivity contribution >= 4 is 54.9 Å². The van der Waals surface area contributed by atoms with Crippen LogP contribution in [0.25, 0.3) is 10.1 Å². The smallest absolute Gasteiger partial charge is 0.263 e. The number of benzene rings is 2. The maximum atomic E-state index is 12.8. The summed E-state index contributed by atoms with van der Waals surface area (Å²) in [7, 11) is 0. The number of rotatable bonds is 2. The molecule has 3 nitrogen and oxygen atoms in total. The Hall–Kier alpha value is -1.56. The van der Waals surface area contributed by atoms with E-state index in [4.69, 9.17) is 16.3 Å². The highest BCUT2D eigenvalue weighted by atomic mass is 79.9. The fourth-order valence-electron chi connectivity index (χ4n) is 2.92. The molecule has 0 spiro atoms. The minimum absolute atomic E-state index is 0.0628. The average molecular weight is 423 g/mol. The van der Waals surface area contributed by atoms with Crippen LogP contribution in [-0.4, -0.2) is 12.5 Å². The molecular weight excluding hydrogens is 410 g/mol. The fraction of sp³-hybridized carbons (Fsp3) is 0.167. The molecule has 0 saturated carbocycles. The molecule has 0 radical (unpaired) electrons. The number of fused-ring (bicyclic) bond motifs is 2. The molecule has 2 aromatic carbocycles. The molecular formula is C18H13BrClNO2S. The monoisotopic (exact) mass is 421 g/mol. The van der Waals surface area contributed by atoms with E-state index in [9.17, 15) is 4.79 Å². The van der Waals surface area contributed by atoms with Gasteiger partial charge < -0.3 is 10.1 Å². The van der Waals surface area contributed by atoms with Gasteiger partial charge >= 0.3 is 0 Å². The van der Waals surface area contributed by atoms with Crippen LogP contribution < -0.4 is 10.1 Å². The first-order valence-corrected chi connectivity index (χ1v) is 9.53. The Morgan fingerprint density at radius 2 is 2.08 bits per heavy atom. The van der Waals surface area contributed by atoms with Gasteiger partial charge in [0.2, 0.25) is 0 Å². The standard InChI is InChI=1S/C18H13BrClNO2S/c19-12-6-3-5-11-15(20)17(24-16(11)12)18(22)21-13-8-9-23-14-7-2-1-4-10(13)14/h1-7,13H,8-9H2,(H,21,22)/t13-/m0/s1. The number of para-hydroxylation sites is 1. The Balaban J connectivity index is 1.66. The molecule has 0 unspecified atom stereocenters. The van der Waals surface area contributed by atoms with E-state index in [1.165, 1.54) is 11.3 Å². The molecule has 24 heavy (non-hydrogen) atoms. The zero-order valence-corrected chi connectivity index (χ0v) is 15.7. The number of hydrogen-bond donors (Lipinski definition) is 1. The van der Waals surface area contributed by atoms with E-state index >= 15 is 0 Å². The SMILES string of the molecule is O=C(N[C@H]1CCOc2ccccc21)c1sc2c(Br)cccc2c1Cl. The molecule has 4 rings (SSSR count). The normalized spacial score (nSPS) is 16.5. The number of nitrogens with one attached hydrogen (secondary N) is 1. The molecule has 3 aromatic rings. The highest BCUT2D eigenvalue weighted by Gasteiger charge is 2.25. The van der Waals surface area contributed by atoms with Crippen LogP contribution in [-0.2, 0) is 0 Å². The second-order valence-electron chi connectivity index (χ2n) is 5.56. The summed E-state index contributed by atoms with van der Waals surface area (Å²) >= 11 is 11.4. The fourth-order valence-corrected chi connectivity index (χ4v) is 4.94. The van der Waals surface area contributed by atoms with E-state index in [2.05, 4.69) is 21.2 Å². The van der Waals surface area contributed by atoms with Gasteiger partial charge in [0, 0.05) is 21.8 Å². The zero-order chi connectivity index (χ0) is 16.7. The topological polar surface area (TPSA) is 38.3 Å². The second-order valence-corrected chi connectivity index (χ2v) is 7.82. The molecule has 1 N–H and O–H groups in total. The average Bonchev–Trinajstić information content (AvgIpc) is 2.94. The predicted molar refractivity (Wildman–Crippen MR) is 101 cm³/mol. The first-order chi connectivity index (χ1) is 11.6. The van der Waals surface area contributed by atoms with Crippen LogP contribution in [0.3, 0.4) is 0 Å². The van der Waals surface area contributed by atoms with Crippen molar-refractivity contribution in [3.8, 4) is 5.75 Å². The summed E-state index contributed by atoms with van der Waals surface area (Å²) < 4.78 is 7.58. The Labute approximate surface area is 156 Å². The molecule has 0 bridgehead atoms. The van der Waals surface area contributed by atoms with Crippen molar-refractivity contribution in [3.63, 3.8) is 0 Å². The van der Waals surface area contributed by atoms with Gasteiger partial charge in [0.25, 0.3) is 5.91 Å². The van der Waals surface area contributed by atoms with E-state index in [0.717, 1.165) is 32.3 Å². The van der Waals surface area contributed by atoms with Crippen molar-refractivity contribution in [2.45, 2.75) is 12.5 Å². The summed E-state index contributed by atoms with van der Waals surface area (Å²) in [5.41, 5.74) is 1.01. The number of ether oxygens (including phenoxy) is 1. The molecule has 6 heteroatoms. The molecule has 1 aliphatic heterocycles. The van der Waals surface area contributed by atoms with E-state index in [1.54, 1.807) is 0 Å². The van der Waals surface area contributed by atoms with Crippen molar-refractivity contribution in [3.05, 3.63) is 62.4 Å². The maximum absolute atomic E-state index is 12.8. The summed E-state index contributed by atoms with van der Waals surface area (Å²) in [6.07, 6.45) is 0.745. The van der Waals surface area contributed by atoms with Crippen LogP contribution in [0.15, 0.2) is 46.9 Å². The van der Waals surface area contributed by atoms with Crippen molar-refractivity contribution in [2.24, 2.45) is 0 Å². The molecule has 2 heterocycles. The number of carbonyl (C=O) groups excluding carboxylic acids is 1. The third-order valence-electron chi connectivity index (χ3n) is 4.08. The molecule has 1 amide bonds. The minimum atomic E-state index is -0.144. The van der Waals surface area contributed by atoms with Crippen LogP contribution >= 0.6 is 38.9 Å². The van der Waals surface area contributed by atoms with E-state index in [1.807, 2.05) is 42.5 Å². The van der Waals surface area contributed by atoms with Gasteiger partial charge in [-0.25, -0.2) is 0 Å². The van der Waals surface area contributed by atoms with Gasteiger partial charge in [-0.3, -0.25) is 4.79 Å². The number of amides is 1. The number of carbonyl (C=O) groups is 1. The first kappa shape index (κ1) is 15.9. The quantitative estimate of drug-likeness (QED) is 0.586. The molecule has 0 aliphatic carbocycles. The van der Waals surface area contributed by atoms with Crippen LogP contribution in [0.1, 0.15) is 27.7 Å². The van der Waals surface area contributed by atoms with Gasteiger partial charge in [-0.05, 0) is 28.1 Å². The van der Waals surface area contributed by atoms with Gasteiger partial charge in [0.1, 0.15) is 10.6 Å². The largest absolute Gasteiger partial charge is 0.493 e. The van der Waals surface area contributed by atoms with Crippen molar-refractivity contribution in [2.75, 3.05) is 6.61 Å². The maximum Gasteiger partial charge on any atom is 0.263 e. The Morgan fingerprint density at radius 1 is 1.25 bits per heavy atom. The zero-order valence-electron chi connectivity index (χ0n) is 12.5. The summed E-state index contributed by atoms with van der Waals surface area (Å²) in [6, 6.07) is 13.5. The van der Waals surface area contributed by atoms with Gasteiger partial charge in [-0.15, -0.1) is 11.3 Å². The Bertz CT molecular complexity index is 940. The first-order valence-electron chi connectivity index (χ1n) is 7.54. The van der Waals surface area contributed by atoms with Crippen LogP contribution in [0, 0.1) is 0 Å². The lowest BCUT2D eigenvalue weighted by Gasteiger charge is -2.26. The molecule has 0 fully saturated rings. The van der Waals surface area contributed by atoms with Crippen molar-refractivity contribution < 1.29 is 9.53 Å². The summed E-state index contributed by atoms with van der Waals surface area (Å²) in [6.45, 7) is 0.591. The van der Waals surface area contributed by atoms with E-state index in [-0.39, 0.29) is 11.9 Å². The molecule has 1 aromatic heterocycles. The summed E-state index contributed by atoms with van der Waals surface area (Å²) in [4.78, 5) is 13.3. The lowest BCUT2D eigenvalue weighted by Crippen LogP contribution is -2.31. The second kappa shape index (κ2) is 6.39. The van der Waals surface area contributed by atoms with E-state index < -0.39 is 0 Å². The van der Waals surface area contributed by atoms with E-state index in [0.29, 0.717) is 16.5 Å². The summed E-state index contributed by atoms with van der Waals surface area (Å²) in [5, 5.41) is 4.51. The Morgan fingerprint density at radius 3 is 2.92 bits per heavy atom. The van der Waals surface area contributed by atoms with Crippen molar-refractivity contribution in [1.82, 2.24) is 5.32 Å². The lowest BCUT2D eigenvalue weighted by molar-refractivity contribution is 0.0929. The van der Waals surface area contributed by atoms with Gasteiger partial charge in [-0.1, -0.05) is 41.9 Å². The minimum Gasteiger partial charge on any atom is -0.493 e. The number of halogens is 2. The number of hydrogen-bond acceptors (Lipinski definition) is 3. The number of thiophene rings is 1. The van der Waals surface area contributed by atoms with Crippen LogP contribution in [0.5, 0.6) is 5.75 Å². The van der Waals surface area contributed by atoms with Crippen LogP contribution in [0.4, 0.5) is 0 Å². The lowest BCUT2D eigenvalue weighted by atomic mass is 10.0. The molecule has 1 aliphatic rings. The third-order valence-corrected chi connectivity index (χ3v) is 6.74. The van der Waals surface area contributed by atoms with Crippen molar-refractivity contribution in [1.29, 1.82) is 0 Å². The summed E-state index contributed by atoms with van der Waals surface area (Å²) in [5.74, 6) is 0.689. The highest BCUT2D eigenvalue weighted by molar-refractivity contribution is 9.10. The Kier molecular flexibility index (Phi) is 4.24. The van der Waals surface area contributed by atoms with Crippen LogP contribution in [0.2, 0.25) is 5.02 Å². The molecule has 122 valence electrons. The van der Waals surface area contributed by atoms with Gasteiger partial charge in [-0.2, -0.15) is 0 Å². The van der Waals surface area contributed by atoms with Gasteiger partial charge in [0.05, 0.1) is 22.4 Å².